The second kappa shape index (κ2) is 9.35. The number of nitro groups is 1. The van der Waals surface area contributed by atoms with Crippen LogP contribution in [0.5, 0.6) is 0 Å². The van der Waals surface area contributed by atoms with Gasteiger partial charge in [-0.2, -0.15) is 0 Å². The number of thiophene rings is 1. The molecule has 0 unspecified atom stereocenters. The van der Waals surface area contributed by atoms with Crippen LogP contribution in [-0.4, -0.2) is 36.1 Å². The Hall–Kier alpha value is -1.39. The molecule has 2 aromatic rings. The van der Waals surface area contributed by atoms with Crippen LogP contribution in [0.2, 0.25) is 10.0 Å². The molecule has 1 N–H and O–H groups in total. The van der Waals surface area contributed by atoms with Gasteiger partial charge < -0.3 is 10.1 Å². The molecule has 134 valence electrons. The smallest absolute Gasteiger partial charge is 0.294 e. The Labute approximate surface area is 161 Å². The number of methoxy groups -OCH3 is 1. The van der Waals surface area contributed by atoms with Gasteiger partial charge in [-0.15, -0.1) is 11.3 Å². The van der Waals surface area contributed by atoms with Gasteiger partial charge >= 0.3 is 0 Å². The van der Waals surface area contributed by atoms with Crippen LogP contribution in [-0.2, 0) is 4.74 Å². The average Bonchev–Trinajstić information content (AvgIpc) is 2.99. The minimum atomic E-state index is -0.538. The number of rotatable bonds is 8. The number of hydrogen-bond donors (Lipinski definition) is 1. The number of ether oxygens (including phenoxy) is 1. The number of aromatic nitrogens is 1. The lowest BCUT2D eigenvalue weighted by atomic mass is 10.4. The molecule has 0 aliphatic carbocycles. The quantitative estimate of drug-likeness (QED) is 0.388. The first-order valence-corrected chi connectivity index (χ1v) is 9.35. The minimum Gasteiger partial charge on any atom is -0.385 e. The molecule has 0 aliphatic heterocycles. The third kappa shape index (κ3) is 5.29. The van der Waals surface area contributed by atoms with Crippen molar-refractivity contribution in [1.29, 1.82) is 0 Å². The van der Waals surface area contributed by atoms with Gasteiger partial charge in [0.25, 0.3) is 11.6 Å². The molecular weight excluding hydrogens is 409 g/mol. The Bertz CT molecular complexity index is 765. The Kier molecular flexibility index (Phi) is 7.45. The lowest BCUT2D eigenvalue weighted by Gasteiger charge is -2.04. The van der Waals surface area contributed by atoms with Crippen molar-refractivity contribution in [3.05, 3.63) is 43.5 Å². The highest BCUT2D eigenvalue weighted by Gasteiger charge is 2.24. The molecule has 0 fully saturated rings. The molecule has 2 heterocycles. The lowest BCUT2D eigenvalue weighted by molar-refractivity contribution is -0.387. The third-order valence-electron chi connectivity index (χ3n) is 2.92. The van der Waals surface area contributed by atoms with Crippen LogP contribution in [0.1, 0.15) is 16.1 Å². The SMILES string of the molecule is COCCCNC(=O)c1cc([N+](=O)[O-])c(Sc2c(Cl)cncc2Cl)s1. The van der Waals surface area contributed by atoms with Gasteiger partial charge in [0.15, 0.2) is 0 Å². The topological polar surface area (TPSA) is 94.4 Å². The van der Waals surface area contributed by atoms with Gasteiger partial charge in [-0.25, -0.2) is 0 Å². The van der Waals surface area contributed by atoms with Gasteiger partial charge in [0.2, 0.25) is 0 Å². The standard InChI is InChI=1S/C14H13Cl2N3O4S2/c1-23-4-2-3-18-13(20)11-5-10(19(21)22)14(24-11)25-12-8(15)6-17-7-9(12)16/h5-7H,2-4H2,1H3,(H,18,20). The number of pyridine rings is 1. The highest BCUT2D eigenvalue weighted by Crippen LogP contribution is 2.45. The Morgan fingerprint density at radius 2 is 2.12 bits per heavy atom. The summed E-state index contributed by atoms with van der Waals surface area (Å²) in [6.45, 7) is 0.938. The fraction of sp³-hybridized carbons (Fsp3) is 0.286. The summed E-state index contributed by atoms with van der Waals surface area (Å²) < 4.78 is 5.22. The molecule has 0 spiro atoms. The van der Waals surface area contributed by atoms with E-state index in [4.69, 9.17) is 27.9 Å². The van der Waals surface area contributed by atoms with E-state index in [9.17, 15) is 14.9 Å². The average molecular weight is 422 g/mol. The van der Waals surface area contributed by atoms with Crippen molar-refractivity contribution in [3.63, 3.8) is 0 Å². The van der Waals surface area contributed by atoms with Crippen LogP contribution in [0.3, 0.4) is 0 Å². The Balaban J connectivity index is 2.22. The van der Waals surface area contributed by atoms with E-state index in [0.717, 1.165) is 23.1 Å². The van der Waals surface area contributed by atoms with Gasteiger partial charge in [-0.3, -0.25) is 19.9 Å². The van der Waals surface area contributed by atoms with Crippen LogP contribution in [0, 0.1) is 10.1 Å². The maximum atomic E-state index is 12.1. The summed E-state index contributed by atoms with van der Waals surface area (Å²) in [5, 5.41) is 14.6. The first kappa shape index (κ1) is 19.9. The van der Waals surface area contributed by atoms with E-state index in [2.05, 4.69) is 10.3 Å². The molecule has 0 bridgehead atoms. The van der Waals surface area contributed by atoms with E-state index in [1.807, 2.05) is 0 Å². The van der Waals surface area contributed by atoms with Gasteiger partial charge in [0.05, 0.1) is 19.9 Å². The molecule has 2 rings (SSSR count). The predicted octanol–water partition coefficient (Wildman–Crippen LogP) is 4.28. The summed E-state index contributed by atoms with van der Waals surface area (Å²) in [5.74, 6) is -0.372. The number of nitrogens with one attached hydrogen (secondary N) is 1. The van der Waals surface area contributed by atoms with E-state index >= 15 is 0 Å². The zero-order valence-corrected chi connectivity index (χ0v) is 16.1. The van der Waals surface area contributed by atoms with E-state index in [1.54, 1.807) is 7.11 Å². The first-order valence-electron chi connectivity index (χ1n) is 6.96. The predicted molar refractivity (Wildman–Crippen MR) is 98.2 cm³/mol. The summed E-state index contributed by atoms with van der Waals surface area (Å²) in [6, 6.07) is 1.25. The fourth-order valence-corrected chi connectivity index (χ4v) is 4.55. The molecule has 7 nitrogen and oxygen atoms in total. The summed E-state index contributed by atoms with van der Waals surface area (Å²) >= 11 is 14.2. The number of carbonyl (C=O) groups is 1. The summed E-state index contributed by atoms with van der Waals surface area (Å²) in [4.78, 5) is 27.4. The minimum absolute atomic E-state index is 0.166. The van der Waals surface area contributed by atoms with E-state index < -0.39 is 4.92 Å². The zero-order valence-electron chi connectivity index (χ0n) is 13.0. The van der Waals surface area contributed by atoms with Crippen LogP contribution < -0.4 is 5.32 Å². The molecule has 1 amide bonds. The molecule has 0 saturated carbocycles. The maximum absolute atomic E-state index is 12.1. The number of amides is 1. The molecule has 0 radical (unpaired) electrons. The molecule has 25 heavy (non-hydrogen) atoms. The van der Waals surface area contributed by atoms with Crippen molar-refractivity contribution in [2.24, 2.45) is 0 Å². The van der Waals surface area contributed by atoms with Crippen LogP contribution in [0.25, 0.3) is 0 Å². The zero-order chi connectivity index (χ0) is 18.4. The molecular formula is C14H13Cl2N3O4S2. The number of hydrogen-bond acceptors (Lipinski definition) is 7. The number of halogens is 2. The van der Waals surface area contributed by atoms with E-state index in [0.29, 0.717) is 28.7 Å². The van der Waals surface area contributed by atoms with Crippen LogP contribution >= 0.6 is 46.3 Å². The molecule has 0 aromatic carbocycles. The van der Waals surface area contributed by atoms with Crippen molar-refractivity contribution in [2.75, 3.05) is 20.3 Å². The molecule has 11 heteroatoms. The van der Waals surface area contributed by atoms with Crippen molar-refractivity contribution in [1.82, 2.24) is 10.3 Å². The summed E-state index contributed by atoms with van der Waals surface area (Å²) in [7, 11) is 1.57. The maximum Gasteiger partial charge on any atom is 0.294 e. The Morgan fingerprint density at radius 3 is 2.72 bits per heavy atom. The highest BCUT2D eigenvalue weighted by atomic mass is 35.5. The fourth-order valence-electron chi connectivity index (χ4n) is 1.77. The summed E-state index contributed by atoms with van der Waals surface area (Å²) in [6.07, 6.45) is 3.46. The second-order valence-corrected chi connectivity index (χ2v) is 7.82. The monoisotopic (exact) mass is 421 g/mol. The molecule has 0 atom stereocenters. The van der Waals surface area contributed by atoms with E-state index in [-0.39, 0.29) is 26.5 Å². The van der Waals surface area contributed by atoms with Gasteiger partial charge in [0, 0.05) is 38.7 Å². The first-order chi connectivity index (χ1) is 11.9. The highest BCUT2D eigenvalue weighted by molar-refractivity contribution is 8.01. The largest absolute Gasteiger partial charge is 0.385 e. The molecule has 0 aliphatic rings. The third-order valence-corrected chi connectivity index (χ3v) is 6.17. The van der Waals surface area contributed by atoms with Crippen LogP contribution in [0.15, 0.2) is 27.6 Å². The van der Waals surface area contributed by atoms with Crippen LogP contribution in [0.4, 0.5) is 5.69 Å². The van der Waals surface area contributed by atoms with E-state index in [1.165, 1.54) is 18.5 Å². The normalized spacial score (nSPS) is 10.7. The van der Waals surface area contributed by atoms with Crippen molar-refractivity contribution in [2.45, 2.75) is 15.5 Å². The lowest BCUT2D eigenvalue weighted by Crippen LogP contribution is -2.24. The Morgan fingerprint density at radius 1 is 1.44 bits per heavy atom. The van der Waals surface area contributed by atoms with Gasteiger partial charge in [-0.1, -0.05) is 35.0 Å². The number of nitrogens with zero attached hydrogens (tertiary/aromatic N) is 2. The second-order valence-electron chi connectivity index (χ2n) is 4.68. The molecule has 2 aromatic heterocycles. The van der Waals surface area contributed by atoms with Gasteiger partial charge in [-0.05, 0) is 6.42 Å². The van der Waals surface area contributed by atoms with Gasteiger partial charge in [0.1, 0.15) is 9.09 Å². The van der Waals surface area contributed by atoms with Crippen molar-refractivity contribution >= 4 is 57.9 Å². The van der Waals surface area contributed by atoms with Crippen molar-refractivity contribution in [3.8, 4) is 0 Å². The summed E-state index contributed by atoms with van der Waals surface area (Å²) in [5.41, 5.74) is -0.166. The number of carbonyl (C=O) groups excluding carboxylic acids is 1. The van der Waals surface area contributed by atoms with Crippen molar-refractivity contribution < 1.29 is 14.5 Å². The molecule has 0 saturated heterocycles.